The van der Waals surface area contributed by atoms with E-state index in [2.05, 4.69) is 21.0 Å². The molecule has 0 spiro atoms. The average molecular weight is 333 g/mol. The zero-order valence-corrected chi connectivity index (χ0v) is 12.8. The number of aromatic nitrogens is 2. The van der Waals surface area contributed by atoms with Crippen LogP contribution in [0.3, 0.4) is 0 Å². The fraction of sp³-hybridized carbons (Fsp3) is 0.267. The predicted molar refractivity (Wildman–Crippen MR) is 78.1 cm³/mol. The van der Waals surface area contributed by atoms with Gasteiger partial charge in [-0.05, 0) is 24.3 Å². The number of Topliss-reactive ketones (excluding diaryl/α,β-unsaturated/α-hetero) is 2. The zero-order valence-electron chi connectivity index (χ0n) is 11.2. The van der Waals surface area contributed by atoms with Crippen LogP contribution >= 0.6 is 15.9 Å². The van der Waals surface area contributed by atoms with Crippen molar-refractivity contribution in [2.45, 2.75) is 20.3 Å². The molecular formula is C15H13BrN2O2. The number of fused-ring (bicyclic) bond motifs is 1. The number of carbonyl (C=O) groups excluding carboxylic acids is 2. The first-order valence-electron chi connectivity index (χ1n) is 6.32. The van der Waals surface area contributed by atoms with Gasteiger partial charge >= 0.3 is 0 Å². The molecule has 0 aliphatic heterocycles. The third-order valence-electron chi connectivity index (χ3n) is 3.61. The molecule has 0 saturated heterocycles. The Bertz CT molecular complexity index is 714. The molecule has 1 aromatic heterocycles. The van der Waals surface area contributed by atoms with Gasteiger partial charge in [0.15, 0.2) is 0 Å². The number of hydrogen-bond donors (Lipinski definition) is 0. The van der Waals surface area contributed by atoms with Gasteiger partial charge in [0.1, 0.15) is 0 Å². The third kappa shape index (κ3) is 1.93. The van der Waals surface area contributed by atoms with Crippen LogP contribution in [0.15, 0.2) is 34.9 Å². The van der Waals surface area contributed by atoms with Crippen molar-refractivity contribution in [2.24, 2.45) is 5.41 Å². The maximum Gasteiger partial charge on any atom is 0.232 e. The van der Waals surface area contributed by atoms with E-state index in [1.54, 1.807) is 18.5 Å². The molecule has 0 N–H and O–H groups in total. The summed E-state index contributed by atoms with van der Waals surface area (Å²) in [5.74, 6) is -0.764. The van der Waals surface area contributed by atoms with E-state index in [9.17, 15) is 9.59 Å². The fourth-order valence-corrected chi connectivity index (χ4v) is 2.73. The number of carbonyl (C=O) groups is 2. The van der Waals surface area contributed by atoms with Gasteiger partial charge in [-0.15, -0.1) is 0 Å². The van der Waals surface area contributed by atoms with Crippen molar-refractivity contribution in [2.75, 3.05) is 0 Å². The normalized spacial score (nSPS) is 17.1. The van der Waals surface area contributed by atoms with Gasteiger partial charge in [-0.3, -0.25) is 9.59 Å². The molecule has 1 heterocycles. The number of hydrogen-bond acceptors (Lipinski definition) is 3. The summed E-state index contributed by atoms with van der Waals surface area (Å²) in [7, 11) is 0. The molecule has 1 aliphatic carbocycles. The molecular weight excluding hydrogens is 320 g/mol. The number of nitrogens with zero attached hydrogens (tertiary/aromatic N) is 2. The summed E-state index contributed by atoms with van der Waals surface area (Å²) in [6.07, 6.45) is 2.01. The van der Waals surface area contributed by atoms with Gasteiger partial charge in [0.05, 0.1) is 23.1 Å². The molecule has 2 aromatic rings. The third-order valence-corrected chi connectivity index (χ3v) is 4.14. The van der Waals surface area contributed by atoms with E-state index >= 15 is 0 Å². The monoisotopic (exact) mass is 332 g/mol. The Kier molecular flexibility index (Phi) is 2.90. The first-order valence-corrected chi connectivity index (χ1v) is 7.11. The second-order valence-electron chi connectivity index (χ2n) is 5.61. The number of ketones is 2. The first kappa shape index (κ1) is 13.2. The number of rotatable bonds is 1. The van der Waals surface area contributed by atoms with E-state index in [-0.39, 0.29) is 5.78 Å². The van der Waals surface area contributed by atoms with Crippen molar-refractivity contribution in [3.8, 4) is 5.69 Å². The molecule has 102 valence electrons. The van der Waals surface area contributed by atoms with Crippen molar-refractivity contribution in [1.82, 2.24) is 9.78 Å². The maximum atomic E-state index is 12.1. The van der Waals surface area contributed by atoms with E-state index in [4.69, 9.17) is 0 Å². The topological polar surface area (TPSA) is 52.0 Å². The Balaban J connectivity index is 2.14. The van der Waals surface area contributed by atoms with Gasteiger partial charge in [0.2, 0.25) is 11.6 Å². The summed E-state index contributed by atoms with van der Waals surface area (Å²) in [5, 5.41) is 4.28. The van der Waals surface area contributed by atoms with Crippen molar-refractivity contribution in [3.05, 3.63) is 46.2 Å². The summed E-state index contributed by atoms with van der Waals surface area (Å²) in [5.41, 5.74) is 1.45. The van der Waals surface area contributed by atoms with Gasteiger partial charge in [0.25, 0.3) is 0 Å². The van der Waals surface area contributed by atoms with Gasteiger partial charge < -0.3 is 0 Å². The van der Waals surface area contributed by atoms with Crippen LogP contribution in [0.25, 0.3) is 5.69 Å². The summed E-state index contributed by atoms with van der Waals surface area (Å²) in [6.45, 7) is 3.60. The van der Waals surface area contributed by atoms with E-state index < -0.39 is 11.2 Å². The van der Waals surface area contributed by atoms with Crippen LogP contribution in [0, 0.1) is 5.41 Å². The molecule has 0 fully saturated rings. The average Bonchev–Trinajstić information content (AvgIpc) is 2.80. The summed E-state index contributed by atoms with van der Waals surface area (Å²) in [4.78, 5) is 24.1. The highest BCUT2D eigenvalue weighted by molar-refractivity contribution is 9.10. The minimum Gasteiger partial charge on any atom is -0.290 e. The zero-order chi connectivity index (χ0) is 14.5. The minimum absolute atomic E-state index is 0.333. The molecule has 20 heavy (non-hydrogen) atoms. The lowest BCUT2D eigenvalue weighted by atomic mass is 9.75. The van der Waals surface area contributed by atoms with Gasteiger partial charge in [-0.1, -0.05) is 29.8 Å². The van der Waals surface area contributed by atoms with Crippen molar-refractivity contribution in [3.63, 3.8) is 0 Å². The highest BCUT2D eigenvalue weighted by Gasteiger charge is 2.42. The Labute approximate surface area is 124 Å². The van der Waals surface area contributed by atoms with Gasteiger partial charge in [-0.25, -0.2) is 4.68 Å². The molecule has 1 aromatic carbocycles. The van der Waals surface area contributed by atoms with Crippen molar-refractivity contribution < 1.29 is 9.59 Å². The maximum absolute atomic E-state index is 12.1. The van der Waals surface area contributed by atoms with Crippen LogP contribution < -0.4 is 0 Å². The highest BCUT2D eigenvalue weighted by Crippen LogP contribution is 2.33. The Morgan fingerprint density at radius 1 is 1.20 bits per heavy atom. The standard InChI is InChI=1S/C15H13BrN2O2/c1-15(2)7-12-11(13(19)14(15)20)8-17-18(12)10-5-3-9(16)4-6-10/h3-6,8H,7H2,1-2H3. The lowest BCUT2D eigenvalue weighted by Gasteiger charge is -2.27. The number of halogens is 1. The Hall–Kier alpha value is -1.75. The molecule has 5 heteroatoms. The smallest absolute Gasteiger partial charge is 0.232 e. The van der Waals surface area contributed by atoms with E-state index in [0.717, 1.165) is 15.9 Å². The van der Waals surface area contributed by atoms with Crippen molar-refractivity contribution in [1.29, 1.82) is 0 Å². The van der Waals surface area contributed by atoms with Crippen LogP contribution in [0.4, 0.5) is 0 Å². The van der Waals surface area contributed by atoms with E-state index in [1.807, 2.05) is 24.3 Å². The van der Waals surface area contributed by atoms with Crippen LogP contribution in [0.1, 0.15) is 29.9 Å². The fourth-order valence-electron chi connectivity index (χ4n) is 2.47. The van der Waals surface area contributed by atoms with Crippen molar-refractivity contribution >= 4 is 27.5 Å². The van der Waals surface area contributed by atoms with Crippen LogP contribution in [-0.4, -0.2) is 21.3 Å². The first-order chi connectivity index (χ1) is 9.40. The summed E-state index contributed by atoms with van der Waals surface area (Å²) >= 11 is 3.39. The second-order valence-corrected chi connectivity index (χ2v) is 6.53. The lowest BCUT2D eigenvalue weighted by Crippen LogP contribution is -2.38. The second kappa shape index (κ2) is 4.38. The van der Waals surface area contributed by atoms with Gasteiger partial charge in [0, 0.05) is 16.3 Å². The molecule has 1 aliphatic rings. The number of benzene rings is 1. The highest BCUT2D eigenvalue weighted by atomic mass is 79.9. The molecule has 0 saturated carbocycles. The van der Waals surface area contributed by atoms with Crippen LogP contribution in [0.5, 0.6) is 0 Å². The Morgan fingerprint density at radius 2 is 1.85 bits per heavy atom. The minimum atomic E-state index is -0.669. The van der Waals surface area contributed by atoms with Crippen LogP contribution in [0.2, 0.25) is 0 Å². The molecule has 0 unspecified atom stereocenters. The SMILES string of the molecule is CC1(C)Cc2c(cnn2-c2ccc(Br)cc2)C(=O)C1=O. The predicted octanol–water partition coefficient (Wildman–Crippen LogP) is 2.97. The van der Waals surface area contributed by atoms with E-state index in [0.29, 0.717) is 12.0 Å². The molecule has 0 atom stereocenters. The molecule has 0 amide bonds. The molecule has 0 radical (unpaired) electrons. The largest absolute Gasteiger partial charge is 0.290 e. The quantitative estimate of drug-likeness (QED) is 0.754. The summed E-state index contributed by atoms with van der Waals surface area (Å²) < 4.78 is 2.72. The van der Waals surface area contributed by atoms with Gasteiger partial charge in [-0.2, -0.15) is 5.10 Å². The molecule has 3 rings (SSSR count). The van der Waals surface area contributed by atoms with E-state index in [1.165, 1.54) is 6.20 Å². The molecule has 0 bridgehead atoms. The summed E-state index contributed by atoms with van der Waals surface area (Å²) in [6, 6.07) is 7.69. The molecule has 4 nitrogen and oxygen atoms in total. The lowest BCUT2D eigenvalue weighted by molar-refractivity contribution is -0.123. The van der Waals surface area contributed by atoms with Crippen LogP contribution in [-0.2, 0) is 11.2 Å². The Morgan fingerprint density at radius 3 is 2.50 bits per heavy atom.